The molecule has 0 atom stereocenters. The second-order valence-corrected chi connectivity index (χ2v) is 7.94. The Balaban J connectivity index is 1.82. The van der Waals surface area contributed by atoms with Crippen molar-refractivity contribution < 1.29 is 0 Å². The minimum absolute atomic E-state index is 1.31. The number of aryl methyl sites for hydroxylation is 2. The van der Waals surface area contributed by atoms with Crippen LogP contribution >= 0.6 is 0 Å². The Morgan fingerprint density at radius 3 is 1.14 bits per heavy atom. The van der Waals surface area contributed by atoms with Gasteiger partial charge in [0.2, 0.25) is 0 Å². The molecule has 0 aromatic heterocycles. The lowest BCUT2D eigenvalue weighted by atomic mass is 9.91. The summed E-state index contributed by atoms with van der Waals surface area (Å²) in [5.41, 5.74) is 16.2. The van der Waals surface area contributed by atoms with Crippen molar-refractivity contribution in [3.8, 4) is 22.3 Å². The zero-order valence-corrected chi connectivity index (χ0v) is 16.1. The first kappa shape index (κ1) is 15.7. The quantitative estimate of drug-likeness (QED) is 0.268. The standard InChI is InChI=1S/C28H20/c1-17-11-13-21-19-7-3-5-9-23(19)27(25(21)15-17)28-24-10-6-4-8-20(24)22-14-12-18(2)16-26(22)28/h3-16H,1-2H3. The van der Waals surface area contributed by atoms with Crippen molar-refractivity contribution in [3.05, 3.63) is 118 Å². The van der Waals surface area contributed by atoms with Gasteiger partial charge in [-0.15, -0.1) is 0 Å². The van der Waals surface area contributed by atoms with Crippen molar-refractivity contribution >= 4 is 11.1 Å². The molecule has 2 aliphatic rings. The molecule has 132 valence electrons. The predicted molar refractivity (Wildman–Crippen MR) is 118 cm³/mol. The lowest BCUT2D eigenvalue weighted by Crippen LogP contribution is -1.91. The van der Waals surface area contributed by atoms with Gasteiger partial charge in [0.25, 0.3) is 0 Å². The Morgan fingerprint density at radius 2 is 0.714 bits per heavy atom. The average molecular weight is 356 g/mol. The maximum absolute atomic E-state index is 2.36. The summed E-state index contributed by atoms with van der Waals surface area (Å²) in [6.07, 6.45) is 0. The number of hydrogen-bond acceptors (Lipinski definition) is 0. The Hall–Kier alpha value is -3.38. The highest BCUT2D eigenvalue weighted by Gasteiger charge is 2.32. The van der Waals surface area contributed by atoms with Crippen molar-refractivity contribution in [2.75, 3.05) is 0 Å². The van der Waals surface area contributed by atoms with Crippen LogP contribution in [-0.2, 0) is 0 Å². The Kier molecular flexibility index (Phi) is 3.11. The first-order valence-electron chi connectivity index (χ1n) is 9.88. The van der Waals surface area contributed by atoms with Crippen molar-refractivity contribution in [2.45, 2.75) is 13.8 Å². The van der Waals surface area contributed by atoms with Gasteiger partial charge < -0.3 is 0 Å². The predicted octanol–water partition coefficient (Wildman–Crippen LogP) is 7.27. The molecule has 0 heteroatoms. The number of benzene rings is 4. The van der Waals surface area contributed by atoms with Crippen LogP contribution in [0.2, 0.25) is 0 Å². The lowest BCUT2D eigenvalue weighted by molar-refractivity contribution is 1.45. The molecule has 0 saturated carbocycles. The normalized spacial score (nSPS) is 15.8. The van der Waals surface area contributed by atoms with E-state index in [0.29, 0.717) is 0 Å². The van der Waals surface area contributed by atoms with Crippen LogP contribution in [0.25, 0.3) is 33.4 Å². The molecule has 0 bridgehead atoms. The van der Waals surface area contributed by atoms with Crippen LogP contribution in [0.4, 0.5) is 0 Å². The summed E-state index contributed by atoms with van der Waals surface area (Å²) < 4.78 is 0. The van der Waals surface area contributed by atoms with Crippen LogP contribution < -0.4 is 0 Å². The average Bonchev–Trinajstić information content (AvgIpc) is 3.19. The highest BCUT2D eigenvalue weighted by atomic mass is 14.3. The van der Waals surface area contributed by atoms with Crippen LogP contribution in [0, 0.1) is 13.8 Å². The fraction of sp³-hybridized carbons (Fsp3) is 0.0714. The molecule has 0 amide bonds. The summed E-state index contributed by atoms with van der Waals surface area (Å²) in [5.74, 6) is 0. The summed E-state index contributed by atoms with van der Waals surface area (Å²) in [7, 11) is 0. The van der Waals surface area contributed by atoms with Crippen LogP contribution in [0.1, 0.15) is 33.4 Å². The zero-order valence-electron chi connectivity index (χ0n) is 16.1. The Morgan fingerprint density at radius 1 is 0.357 bits per heavy atom. The van der Waals surface area contributed by atoms with E-state index in [-0.39, 0.29) is 0 Å². The third-order valence-electron chi connectivity index (χ3n) is 6.11. The SMILES string of the molecule is Cc1ccc2c(c1)C(=C1c3ccccc3-c3ccc(C)cc31)c1ccccc1-2. The maximum atomic E-state index is 2.36. The first-order valence-corrected chi connectivity index (χ1v) is 9.88. The minimum atomic E-state index is 1.31. The largest absolute Gasteiger partial charge is 0.0616 e. The lowest BCUT2D eigenvalue weighted by Gasteiger charge is -2.12. The topological polar surface area (TPSA) is 0 Å². The van der Waals surface area contributed by atoms with Crippen LogP contribution in [-0.4, -0.2) is 0 Å². The van der Waals surface area contributed by atoms with Crippen molar-refractivity contribution in [1.82, 2.24) is 0 Å². The van der Waals surface area contributed by atoms with Crippen LogP contribution in [0.3, 0.4) is 0 Å². The molecule has 0 nitrogen and oxygen atoms in total. The van der Waals surface area contributed by atoms with E-state index >= 15 is 0 Å². The summed E-state index contributed by atoms with van der Waals surface area (Å²) in [6, 6.07) is 31.4. The maximum Gasteiger partial charge on any atom is -0.00138 e. The summed E-state index contributed by atoms with van der Waals surface area (Å²) >= 11 is 0. The molecular formula is C28H20. The second-order valence-electron chi connectivity index (χ2n) is 7.94. The van der Waals surface area contributed by atoms with Crippen molar-refractivity contribution in [1.29, 1.82) is 0 Å². The number of fused-ring (bicyclic) bond motifs is 6. The third kappa shape index (κ3) is 2.00. The van der Waals surface area contributed by atoms with E-state index in [2.05, 4.69) is 98.8 Å². The van der Waals surface area contributed by atoms with Gasteiger partial charge in [0, 0.05) is 0 Å². The molecule has 0 radical (unpaired) electrons. The highest BCUT2D eigenvalue weighted by Crippen LogP contribution is 2.54. The van der Waals surface area contributed by atoms with Gasteiger partial charge in [-0.1, -0.05) is 96.1 Å². The highest BCUT2D eigenvalue weighted by molar-refractivity contribution is 6.18. The molecule has 0 heterocycles. The van der Waals surface area contributed by atoms with E-state index in [1.54, 1.807) is 0 Å². The van der Waals surface area contributed by atoms with Gasteiger partial charge in [0.1, 0.15) is 0 Å². The fourth-order valence-electron chi connectivity index (χ4n) is 4.90. The molecule has 28 heavy (non-hydrogen) atoms. The molecule has 0 aliphatic heterocycles. The van der Waals surface area contributed by atoms with E-state index in [9.17, 15) is 0 Å². The summed E-state index contributed by atoms with van der Waals surface area (Å²) in [4.78, 5) is 0. The smallest absolute Gasteiger partial charge is 0.00138 e. The second kappa shape index (κ2) is 5.56. The Labute approximate surface area is 165 Å². The van der Waals surface area contributed by atoms with E-state index in [1.807, 2.05) is 0 Å². The van der Waals surface area contributed by atoms with Gasteiger partial charge >= 0.3 is 0 Å². The molecule has 4 aromatic carbocycles. The number of rotatable bonds is 0. The van der Waals surface area contributed by atoms with E-state index < -0.39 is 0 Å². The molecule has 0 spiro atoms. The van der Waals surface area contributed by atoms with Crippen LogP contribution in [0.15, 0.2) is 84.9 Å². The molecule has 0 unspecified atom stereocenters. The first-order chi connectivity index (χ1) is 13.7. The zero-order chi connectivity index (χ0) is 18.8. The van der Waals surface area contributed by atoms with Gasteiger partial charge in [0.05, 0.1) is 0 Å². The van der Waals surface area contributed by atoms with Gasteiger partial charge in [-0.05, 0) is 69.5 Å². The van der Waals surface area contributed by atoms with Gasteiger partial charge in [-0.25, -0.2) is 0 Å². The fourth-order valence-corrected chi connectivity index (χ4v) is 4.90. The molecule has 4 aromatic rings. The van der Waals surface area contributed by atoms with Crippen LogP contribution in [0.5, 0.6) is 0 Å². The van der Waals surface area contributed by atoms with Gasteiger partial charge in [-0.3, -0.25) is 0 Å². The Bertz CT molecular complexity index is 1210. The molecule has 6 rings (SSSR count). The number of hydrogen-bond donors (Lipinski definition) is 0. The third-order valence-corrected chi connectivity index (χ3v) is 6.11. The van der Waals surface area contributed by atoms with E-state index in [1.165, 1.54) is 66.8 Å². The van der Waals surface area contributed by atoms with Gasteiger partial charge in [-0.2, -0.15) is 0 Å². The van der Waals surface area contributed by atoms with Crippen molar-refractivity contribution in [3.63, 3.8) is 0 Å². The van der Waals surface area contributed by atoms with E-state index in [4.69, 9.17) is 0 Å². The molecule has 0 N–H and O–H groups in total. The molecule has 2 aliphatic carbocycles. The van der Waals surface area contributed by atoms with E-state index in [0.717, 1.165) is 0 Å². The summed E-state index contributed by atoms with van der Waals surface area (Å²) in [6.45, 7) is 4.37. The monoisotopic (exact) mass is 356 g/mol. The van der Waals surface area contributed by atoms with Crippen molar-refractivity contribution in [2.24, 2.45) is 0 Å². The molecule has 0 saturated heterocycles. The summed E-state index contributed by atoms with van der Waals surface area (Å²) in [5, 5.41) is 0. The molecule has 0 fully saturated rings. The molecular weight excluding hydrogens is 336 g/mol. The van der Waals surface area contributed by atoms with Gasteiger partial charge in [0.15, 0.2) is 0 Å². The minimum Gasteiger partial charge on any atom is -0.0616 e.